The summed E-state index contributed by atoms with van der Waals surface area (Å²) in [7, 11) is 0. The Hall–Kier alpha value is -2.04. The van der Waals surface area contributed by atoms with Gasteiger partial charge in [-0.2, -0.15) is 0 Å². The minimum Gasteiger partial charge on any atom is -0.351 e. The minimum absolute atomic E-state index is 0.00292. The van der Waals surface area contributed by atoms with Crippen molar-refractivity contribution in [2.45, 2.75) is 82.7 Å². The molecule has 2 aliphatic carbocycles. The lowest BCUT2D eigenvalue weighted by atomic mass is 9.80. The van der Waals surface area contributed by atoms with Gasteiger partial charge in [-0.25, -0.2) is 4.79 Å². The molecule has 0 atom stereocenters. The fourth-order valence-electron chi connectivity index (χ4n) is 4.15. The van der Waals surface area contributed by atoms with Crippen LogP contribution < -0.4 is 16.0 Å². The smallest absolute Gasteiger partial charge is 0.320 e. The fourth-order valence-corrected chi connectivity index (χ4v) is 4.15. The maximum absolute atomic E-state index is 13.1. The van der Waals surface area contributed by atoms with E-state index >= 15 is 0 Å². The predicted molar refractivity (Wildman–Crippen MR) is 104 cm³/mol. The number of urea groups is 1. The van der Waals surface area contributed by atoms with E-state index in [-0.39, 0.29) is 18.0 Å². The summed E-state index contributed by atoms with van der Waals surface area (Å²) < 4.78 is 0. The molecule has 0 bridgehead atoms. The molecule has 142 valence electrons. The van der Waals surface area contributed by atoms with Gasteiger partial charge in [-0.05, 0) is 44.7 Å². The Morgan fingerprint density at radius 2 is 1.54 bits per heavy atom. The molecule has 2 saturated carbocycles. The third-order valence-electron chi connectivity index (χ3n) is 5.74. The van der Waals surface area contributed by atoms with Crippen molar-refractivity contribution >= 4 is 17.6 Å². The van der Waals surface area contributed by atoms with Crippen molar-refractivity contribution in [3.05, 3.63) is 29.8 Å². The summed E-state index contributed by atoms with van der Waals surface area (Å²) in [6.45, 7) is 2.01. The lowest BCUT2D eigenvalue weighted by Crippen LogP contribution is -2.62. The number of carbonyl (C=O) groups excluding carboxylic acids is 2. The van der Waals surface area contributed by atoms with Crippen LogP contribution in [0.3, 0.4) is 0 Å². The number of amides is 3. The topological polar surface area (TPSA) is 70.2 Å². The molecule has 0 radical (unpaired) electrons. The zero-order valence-electron chi connectivity index (χ0n) is 15.8. The first kappa shape index (κ1) is 18.7. The second kappa shape index (κ2) is 8.56. The van der Waals surface area contributed by atoms with Gasteiger partial charge in [0.05, 0.1) is 0 Å². The van der Waals surface area contributed by atoms with Crippen molar-refractivity contribution in [3.63, 3.8) is 0 Å². The number of hydrogen-bond donors (Lipinski definition) is 3. The number of nitrogens with one attached hydrogen (secondary N) is 3. The van der Waals surface area contributed by atoms with E-state index in [0.717, 1.165) is 43.4 Å². The van der Waals surface area contributed by atoms with Gasteiger partial charge in [-0.1, -0.05) is 56.2 Å². The van der Waals surface area contributed by atoms with E-state index in [9.17, 15) is 9.59 Å². The van der Waals surface area contributed by atoms with Gasteiger partial charge in [0.1, 0.15) is 5.54 Å². The summed E-state index contributed by atoms with van der Waals surface area (Å²) in [6.07, 6.45) is 10.2. The average molecular weight is 357 g/mol. The maximum Gasteiger partial charge on any atom is 0.320 e. The van der Waals surface area contributed by atoms with E-state index in [1.165, 1.54) is 19.3 Å². The Balaban J connectivity index is 1.64. The van der Waals surface area contributed by atoms with Crippen LogP contribution in [-0.4, -0.2) is 23.5 Å². The van der Waals surface area contributed by atoms with Crippen molar-refractivity contribution in [1.29, 1.82) is 0 Å². The number of aryl methyl sites for hydroxylation is 1. The van der Waals surface area contributed by atoms with Crippen LogP contribution in [-0.2, 0) is 4.79 Å². The van der Waals surface area contributed by atoms with Gasteiger partial charge >= 0.3 is 6.03 Å². The quantitative estimate of drug-likeness (QED) is 0.753. The molecule has 1 aromatic rings. The van der Waals surface area contributed by atoms with Crippen LogP contribution in [0, 0.1) is 6.92 Å². The Kier molecular flexibility index (Phi) is 6.17. The molecule has 3 amide bonds. The van der Waals surface area contributed by atoms with Crippen molar-refractivity contribution in [3.8, 4) is 0 Å². The van der Waals surface area contributed by atoms with Crippen molar-refractivity contribution in [1.82, 2.24) is 10.6 Å². The Morgan fingerprint density at radius 3 is 2.19 bits per heavy atom. The van der Waals surface area contributed by atoms with Crippen LogP contribution in [0.4, 0.5) is 10.5 Å². The molecule has 0 aromatic heterocycles. The molecule has 3 rings (SSSR count). The van der Waals surface area contributed by atoms with Gasteiger partial charge in [-0.15, -0.1) is 0 Å². The molecule has 26 heavy (non-hydrogen) atoms. The molecule has 2 aliphatic rings. The normalized spacial score (nSPS) is 20.2. The summed E-state index contributed by atoms with van der Waals surface area (Å²) in [4.78, 5) is 25.6. The summed E-state index contributed by atoms with van der Waals surface area (Å²) in [5, 5.41) is 9.12. The standard InChI is InChI=1S/C21H31N3O2/c1-16-10-12-18(13-11-16)23-20(26)24-21(14-6-3-7-15-21)19(25)22-17-8-4-2-5-9-17/h10-13,17H,2-9,14-15H2,1H3,(H,22,25)(H2,23,24,26). The number of benzene rings is 1. The van der Waals surface area contributed by atoms with Crippen LogP contribution >= 0.6 is 0 Å². The highest BCUT2D eigenvalue weighted by Gasteiger charge is 2.41. The molecule has 0 saturated heterocycles. The molecule has 0 aliphatic heterocycles. The van der Waals surface area contributed by atoms with Crippen LogP contribution in [0.15, 0.2) is 24.3 Å². The summed E-state index contributed by atoms with van der Waals surface area (Å²) in [5.41, 5.74) is 1.11. The van der Waals surface area contributed by atoms with Crippen LogP contribution in [0.5, 0.6) is 0 Å². The van der Waals surface area contributed by atoms with Gasteiger partial charge in [0.25, 0.3) is 0 Å². The number of rotatable bonds is 4. The Labute approximate surface area is 156 Å². The van der Waals surface area contributed by atoms with E-state index in [1.807, 2.05) is 31.2 Å². The molecule has 5 heteroatoms. The highest BCUT2D eigenvalue weighted by Crippen LogP contribution is 2.29. The van der Waals surface area contributed by atoms with Gasteiger partial charge < -0.3 is 16.0 Å². The van der Waals surface area contributed by atoms with Crippen LogP contribution in [0.25, 0.3) is 0 Å². The third kappa shape index (κ3) is 4.77. The van der Waals surface area contributed by atoms with Gasteiger partial charge in [0.2, 0.25) is 5.91 Å². The molecular weight excluding hydrogens is 326 g/mol. The first-order chi connectivity index (χ1) is 12.6. The molecule has 0 heterocycles. The zero-order valence-corrected chi connectivity index (χ0v) is 15.8. The SMILES string of the molecule is Cc1ccc(NC(=O)NC2(C(=O)NC3CCCCC3)CCCCC2)cc1. The van der Waals surface area contributed by atoms with E-state index in [1.54, 1.807) is 0 Å². The first-order valence-corrected chi connectivity index (χ1v) is 10.0. The third-order valence-corrected chi connectivity index (χ3v) is 5.74. The monoisotopic (exact) mass is 357 g/mol. The van der Waals surface area contributed by atoms with E-state index in [2.05, 4.69) is 16.0 Å². The lowest BCUT2D eigenvalue weighted by molar-refractivity contribution is -0.129. The second-order valence-electron chi connectivity index (χ2n) is 7.90. The van der Waals surface area contributed by atoms with E-state index in [0.29, 0.717) is 12.8 Å². The molecule has 2 fully saturated rings. The fraction of sp³-hybridized carbons (Fsp3) is 0.619. The zero-order chi connectivity index (χ0) is 18.4. The average Bonchev–Trinajstić information content (AvgIpc) is 2.65. The Morgan fingerprint density at radius 1 is 0.923 bits per heavy atom. The summed E-state index contributed by atoms with van der Waals surface area (Å²) >= 11 is 0. The second-order valence-corrected chi connectivity index (χ2v) is 7.90. The van der Waals surface area contributed by atoms with Crippen molar-refractivity contribution in [2.75, 3.05) is 5.32 Å². The van der Waals surface area contributed by atoms with Gasteiger partial charge in [0, 0.05) is 11.7 Å². The summed E-state index contributed by atoms with van der Waals surface area (Å²) in [5.74, 6) is 0.00292. The molecule has 0 spiro atoms. The molecular formula is C21H31N3O2. The Bertz CT molecular complexity index is 615. The number of anilines is 1. The lowest BCUT2D eigenvalue weighted by Gasteiger charge is -2.38. The van der Waals surface area contributed by atoms with Gasteiger partial charge in [0.15, 0.2) is 0 Å². The van der Waals surface area contributed by atoms with Crippen molar-refractivity contribution < 1.29 is 9.59 Å². The van der Waals surface area contributed by atoms with Gasteiger partial charge in [-0.3, -0.25) is 4.79 Å². The van der Waals surface area contributed by atoms with E-state index < -0.39 is 5.54 Å². The minimum atomic E-state index is -0.773. The maximum atomic E-state index is 13.1. The van der Waals surface area contributed by atoms with Crippen LogP contribution in [0.2, 0.25) is 0 Å². The highest BCUT2D eigenvalue weighted by atomic mass is 16.2. The predicted octanol–water partition coefficient (Wildman–Crippen LogP) is 4.27. The molecule has 0 unspecified atom stereocenters. The number of carbonyl (C=O) groups is 2. The first-order valence-electron chi connectivity index (χ1n) is 10.0. The van der Waals surface area contributed by atoms with Crippen LogP contribution in [0.1, 0.15) is 69.8 Å². The van der Waals surface area contributed by atoms with Crippen molar-refractivity contribution in [2.24, 2.45) is 0 Å². The van der Waals surface area contributed by atoms with E-state index in [4.69, 9.17) is 0 Å². The molecule has 3 N–H and O–H groups in total. The molecule has 5 nitrogen and oxygen atoms in total. The largest absolute Gasteiger partial charge is 0.351 e. The highest BCUT2D eigenvalue weighted by molar-refractivity contribution is 5.96. The molecule has 1 aromatic carbocycles. The summed E-state index contributed by atoms with van der Waals surface area (Å²) in [6, 6.07) is 7.64. The number of hydrogen-bond acceptors (Lipinski definition) is 2.